The van der Waals surface area contributed by atoms with Gasteiger partial charge in [0, 0.05) is 0 Å². The fourth-order valence-corrected chi connectivity index (χ4v) is 0.380. The van der Waals surface area contributed by atoms with Crippen molar-refractivity contribution in [1.82, 2.24) is 71.8 Å². The zero-order valence-corrected chi connectivity index (χ0v) is 8.08. The molecule has 92 valence electrons. The summed E-state index contributed by atoms with van der Waals surface area (Å²) in [6, 6.07) is 0. The summed E-state index contributed by atoms with van der Waals surface area (Å²) in [5, 5.41) is 0. The van der Waals surface area contributed by atoms with Crippen LogP contribution in [0.3, 0.4) is 0 Å². The highest BCUT2D eigenvalue weighted by molar-refractivity contribution is 4.15. The quantitative estimate of drug-likeness (QED) is 0.0855. The number of hydrogen-bond donors (Lipinski definition) is 14. The van der Waals surface area contributed by atoms with E-state index in [1.54, 1.807) is 7.05 Å². The number of nitrogens with one attached hydrogen (secondary N) is 13. The van der Waals surface area contributed by atoms with Crippen molar-refractivity contribution in [2.45, 2.75) is 0 Å². The summed E-state index contributed by atoms with van der Waals surface area (Å²) in [5.41, 5.74) is 31.9. The van der Waals surface area contributed by atoms with E-state index >= 15 is 0 Å². The van der Waals surface area contributed by atoms with Crippen LogP contribution in [0.5, 0.6) is 0 Å². The van der Waals surface area contributed by atoms with E-state index in [1.165, 1.54) is 0 Å². The van der Waals surface area contributed by atoms with Gasteiger partial charge in [-0.1, -0.05) is 0 Å². The maximum absolute atomic E-state index is 4.87. The van der Waals surface area contributed by atoms with Crippen molar-refractivity contribution in [3.63, 3.8) is 0 Å². The first-order valence-corrected chi connectivity index (χ1v) is 3.79. The highest BCUT2D eigenvalue weighted by Gasteiger charge is 1.81. The highest BCUT2D eigenvalue weighted by Crippen LogP contribution is 1.27. The first-order chi connectivity index (χ1) is 7.41. The average molecular weight is 226 g/mol. The monoisotopic (exact) mass is 226 g/mol. The van der Waals surface area contributed by atoms with Crippen LogP contribution in [0.1, 0.15) is 0 Å². The van der Waals surface area contributed by atoms with E-state index in [0.29, 0.717) is 0 Å². The molecule has 0 aliphatic carbocycles. The van der Waals surface area contributed by atoms with Crippen LogP contribution >= 0.6 is 0 Å². The van der Waals surface area contributed by atoms with Gasteiger partial charge in [0.25, 0.3) is 0 Å². The summed E-state index contributed by atoms with van der Waals surface area (Å²) >= 11 is 0. The number of hydrazine groups is 13. The Hall–Kier alpha value is -0.560. The Balaban J connectivity index is 2.81. The number of hydrogen-bond acceptors (Lipinski definition) is 14. The minimum atomic E-state index is 1.70. The molecular weight excluding hydrogens is 208 g/mol. The maximum Gasteiger partial charge on any atom is -0.000111 e. The summed E-state index contributed by atoms with van der Waals surface area (Å²) in [6.07, 6.45) is 0. The second-order valence-electron chi connectivity index (χ2n) is 1.77. The lowest BCUT2D eigenvalue weighted by molar-refractivity contribution is 0.215. The minimum absolute atomic E-state index is 1.70. The summed E-state index contributed by atoms with van der Waals surface area (Å²) in [7, 11) is 1.70. The van der Waals surface area contributed by atoms with Gasteiger partial charge in [0.1, 0.15) is 0 Å². The van der Waals surface area contributed by atoms with E-state index in [1.807, 2.05) is 0 Å². The molecule has 0 fully saturated rings. The number of nitrogens with two attached hydrogens (primary N) is 1. The van der Waals surface area contributed by atoms with Crippen molar-refractivity contribution < 1.29 is 0 Å². The molecule has 0 unspecified atom stereocenters. The topological polar surface area (TPSA) is 182 Å². The molecule has 0 aliphatic rings. The van der Waals surface area contributed by atoms with Crippen LogP contribution in [-0.4, -0.2) is 7.05 Å². The summed E-state index contributed by atoms with van der Waals surface area (Å²) < 4.78 is 0. The van der Waals surface area contributed by atoms with Gasteiger partial charge in [-0.15, -0.1) is 0 Å². The smallest absolute Gasteiger partial charge is 0.000111 e. The zero-order chi connectivity index (χ0) is 11.2. The molecule has 15 N–H and O–H groups in total. The fraction of sp³-hybridized carbons (Fsp3) is 1.00. The Labute approximate surface area is 85.8 Å². The molecule has 14 heteroatoms. The molecule has 0 aromatic carbocycles. The molecule has 0 atom stereocenters. The first kappa shape index (κ1) is 14.4. The van der Waals surface area contributed by atoms with Crippen molar-refractivity contribution in [1.29, 1.82) is 0 Å². The Morgan fingerprint density at radius 3 is 1.20 bits per heavy atom. The summed E-state index contributed by atoms with van der Waals surface area (Å²) in [4.78, 5) is 0. The van der Waals surface area contributed by atoms with Crippen molar-refractivity contribution in [3.8, 4) is 0 Å². The van der Waals surface area contributed by atoms with Crippen LogP contribution in [0, 0.1) is 0 Å². The third-order valence-corrected chi connectivity index (χ3v) is 0.822. The van der Waals surface area contributed by atoms with Crippen LogP contribution in [0.25, 0.3) is 0 Å². The van der Waals surface area contributed by atoms with Gasteiger partial charge in [-0.25, -0.2) is 5.43 Å². The molecule has 0 bridgehead atoms. The molecule has 14 nitrogen and oxygen atoms in total. The Kier molecular flexibility index (Phi) is 12.9. The molecule has 0 saturated carbocycles. The van der Waals surface area contributed by atoms with Crippen LogP contribution in [0.15, 0.2) is 0 Å². The highest BCUT2D eigenvalue weighted by atomic mass is 16.0. The molecule has 0 radical (unpaired) electrons. The predicted molar refractivity (Wildman–Crippen MR) is 50.9 cm³/mol. The van der Waals surface area contributed by atoms with E-state index in [9.17, 15) is 0 Å². The van der Waals surface area contributed by atoms with Crippen molar-refractivity contribution >= 4 is 0 Å². The van der Waals surface area contributed by atoms with Gasteiger partial charge in [0.2, 0.25) is 0 Å². The predicted octanol–water partition coefficient (Wildman–Crippen LogP) is -6.87. The maximum atomic E-state index is 4.87. The first-order valence-electron chi connectivity index (χ1n) is 3.79. The third kappa shape index (κ3) is 13.4. The molecule has 0 saturated heterocycles. The minimum Gasteiger partial charge on any atom is -0.257 e. The average Bonchev–Trinajstić information content (AvgIpc) is 2.26. The molecule has 15 heavy (non-hydrogen) atoms. The van der Waals surface area contributed by atoms with Gasteiger partial charge in [0.15, 0.2) is 0 Å². The molecule has 0 rings (SSSR count). The lowest BCUT2D eigenvalue weighted by atomic mass is 11.5. The van der Waals surface area contributed by atoms with Gasteiger partial charge < -0.3 is 0 Å². The van der Waals surface area contributed by atoms with E-state index in [0.717, 1.165) is 0 Å². The zero-order valence-electron chi connectivity index (χ0n) is 8.08. The molecule has 0 heterocycles. The molecule has 0 aliphatic heterocycles. The molecule has 0 amide bonds. The Bertz CT molecular complexity index is 89.5. The van der Waals surface area contributed by atoms with Crippen molar-refractivity contribution in [2.24, 2.45) is 5.84 Å². The van der Waals surface area contributed by atoms with Crippen LogP contribution in [-0.2, 0) is 0 Å². The van der Waals surface area contributed by atoms with Gasteiger partial charge in [-0.2, -0.15) is 66.4 Å². The lowest BCUT2D eigenvalue weighted by Crippen LogP contribution is -2.67. The van der Waals surface area contributed by atoms with E-state index < -0.39 is 0 Å². The van der Waals surface area contributed by atoms with E-state index in [2.05, 4.69) is 71.8 Å². The van der Waals surface area contributed by atoms with Gasteiger partial charge >= 0.3 is 0 Å². The lowest BCUT2D eigenvalue weighted by Gasteiger charge is -2.13. The van der Waals surface area contributed by atoms with Crippen LogP contribution in [0.2, 0.25) is 0 Å². The Morgan fingerprint density at radius 1 is 0.533 bits per heavy atom. The normalized spacial score (nSPS) is 10.8. The third-order valence-electron chi connectivity index (χ3n) is 0.822. The molecule has 0 aromatic rings. The molecule has 0 spiro atoms. The second-order valence-corrected chi connectivity index (χ2v) is 1.77. The molecular formula is CH18N14. The van der Waals surface area contributed by atoms with Gasteiger partial charge in [-0.3, -0.25) is 5.84 Å². The SMILES string of the molecule is CNNNNNNNNNNNNNN. The van der Waals surface area contributed by atoms with Gasteiger partial charge in [-0.05, 0) is 7.05 Å². The van der Waals surface area contributed by atoms with Crippen molar-refractivity contribution in [3.05, 3.63) is 0 Å². The van der Waals surface area contributed by atoms with E-state index in [4.69, 9.17) is 5.84 Å². The largest absolute Gasteiger partial charge is 0.257 e. The van der Waals surface area contributed by atoms with Crippen LogP contribution in [0.4, 0.5) is 0 Å². The Morgan fingerprint density at radius 2 is 0.867 bits per heavy atom. The fourth-order valence-electron chi connectivity index (χ4n) is 0.380. The standard InChI is InChI=1S/CH18N14/c1-3-5-7-9-11-13-15-14-12-10-8-6-4-2/h3-15H,2H2,1H3. The second kappa shape index (κ2) is 13.4. The van der Waals surface area contributed by atoms with Gasteiger partial charge in [0.05, 0.1) is 0 Å². The number of rotatable bonds is 12. The van der Waals surface area contributed by atoms with E-state index in [-0.39, 0.29) is 0 Å². The van der Waals surface area contributed by atoms with Crippen LogP contribution < -0.4 is 77.7 Å². The summed E-state index contributed by atoms with van der Waals surface area (Å²) in [6.45, 7) is 0. The van der Waals surface area contributed by atoms with Crippen molar-refractivity contribution in [2.75, 3.05) is 7.05 Å². The summed E-state index contributed by atoms with van der Waals surface area (Å²) in [5.74, 6) is 4.87. The molecule has 0 aromatic heterocycles.